The average Bonchev–Trinajstić information content (AvgIpc) is 3.08. The van der Waals surface area contributed by atoms with Crippen molar-refractivity contribution in [2.75, 3.05) is 7.11 Å². The number of rotatable bonds is 6. The van der Waals surface area contributed by atoms with E-state index in [0.717, 1.165) is 10.6 Å². The van der Waals surface area contributed by atoms with Gasteiger partial charge < -0.3 is 9.47 Å². The number of halogens is 1. The lowest BCUT2D eigenvalue weighted by Gasteiger charge is -2.04. The molecule has 0 N–H and O–H groups in total. The molecule has 0 saturated heterocycles. The van der Waals surface area contributed by atoms with Crippen molar-refractivity contribution in [2.45, 2.75) is 12.8 Å². The first-order valence-electron chi connectivity index (χ1n) is 8.10. The summed E-state index contributed by atoms with van der Waals surface area (Å²) in [6.45, 7) is 0. The van der Waals surface area contributed by atoms with Crippen LogP contribution in [-0.2, 0) is 22.4 Å². The summed E-state index contributed by atoms with van der Waals surface area (Å²) < 4.78 is 9.91. The minimum atomic E-state index is -0.442. The third kappa shape index (κ3) is 5.39. The van der Waals surface area contributed by atoms with Crippen LogP contribution in [0.1, 0.15) is 26.6 Å². The van der Waals surface area contributed by atoms with Crippen molar-refractivity contribution in [1.82, 2.24) is 4.98 Å². The molecule has 0 atom stereocenters. The number of methoxy groups -OCH3 is 1. The lowest BCUT2D eigenvalue weighted by molar-refractivity contribution is -0.133. The Morgan fingerprint density at radius 2 is 1.93 bits per heavy atom. The quantitative estimate of drug-likeness (QED) is 0.454. The normalized spacial score (nSPS) is 10.4. The van der Waals surface area contributed by atoms with Gasteiger partial charge in [-0.2, -0.15) is 0 Å². The van der Waals surface area contributed by atoms with Gasteiger partial charge in [-0.25, -0.2) is 9.78 Å². The topological polar surface area (TPSA) is 65.5 Å². The van der Waals surface area contributed by atoms with Gasteiger partial charge in [-0.15, -0.1) is 11.3 Å². The number of aromatic nitrogens is 1. The zero-order valence-electron chi connectivity index (χ0n) is 14.5. The van der Waals surface area contributed by atoms with Gasteiger partial charge in [0.2, 0.25) is 0 Å². The lowest BCUT2D eigenvalue weighted by atomic mass is 10.2. The van der Waals surface area contributed by atoms with Crippen molar-refractivity contribution < 1.29 is 19.1 Å². The van der Waals surface area contributed by atoms with Gasteiger partial charge in [0, 0.05) is 16.8 Å². The number of esters is 2. The maximum atomic E-state index is 12.1. The molecule has 5 nitrogen and oxygen atoms in total. The Hall–Kier alpha value is -2.70. The molecule has 0 unspecified atom stereocenters. The zero-order chi connectivity index (χ0) is 19.2. The minimum absolute atomic E-state index is 0.0742. The van der Waals surface area contributed by atoms with E-state index < -0.39 is 11.9 Å². The molecule has 7 heteroatoms. The highest BCUT2D eigenvalue weighted by atomic mass is 35.5. The molecule has 0 amide bonds. The molecule has 1 aromatic heterocycles. The molecule has 0 bridgehead atoms. The Bertz CT molecular complexity index is 953. The lowest BCUT2D eigenvalue weighted by Crippen LogP contribution is -2.11. The number of thiazole rings is 1. The van der Waals surface area contributed by atoms with Gasteiger partial charge in [0.05, 0.1) is 29.8 Å². The largest absolute Gasteiger partial charge is 0.465 e. The maximum Gasteiger partial charge on any atom is 0.337 e. The fraction of sp³-hybridized carbons (Fsp3) is 0.150. The molecular formula is C20H16ClNO4S. The van der Waals surface area contributed by atoms with Gasteiger partial charge in [-0.05, 0) is 42.0 Å². The van der Waals surface area contributed by atoms with Gasteiger partial charge in [0.15, 0.2) is 0 Å². The number of benzene rings is 2. The van der Waals surface area contributed by atoms with Crippen LogP contribution in [0.5, 0.6) is 5.75 Å². The summed E-state index contributed by atoms with van der Waals surface area (Å²) in [5.41, 5.74) is 2.12. The third-order valence-electron chi connectivity index (χ3n) is 3.68. The standard InChI is InChI=1S/C20H16ClNO4S/c1-25-20(24)14-5-7-17(8-6-14)26-19(23)11-16-12-27-18(22-16)10-13-3-2-4-15(21)9-13/h2-9,12H,10-11H2,1H3. The van der Waals surface area contributed by atoms with Gasteiger partial charge >= 0.3 is 11.9 Å². The van der Waals surface area contributed by atoms with Gasteiger partial charge in [0.1, 0.15) is 5.75 Å². The van der Waals surface area contributed by atoms with Crippen molar-refractivity contribution >= 4 is 34.9 Å². The summed E-state index contributed by atoms with van der Waals surface area (Å²) in [6, 6.07) is 13.8. The van der Waals surface area contributed by atoms with Crippen molar-refractivity contribution in [3.8, 4) is 5.75 Å². The monoisotopic (exact) mass is 401 g/mol. The number of carbonyl (C=O) groups excluding carboxylic acids is 2. The van der Waals surface area contributed by atoms with Crippen LogP contribution in [0.3, 0.4) is 0 Å². The summed E-state index contributed by atoms with van der Waals surface area (Å²) in [7, 11) is 1.31. The highest BCUT2D eigenvalue weighted by Gasteiger charge is 2.12. The Morgan fingerprint density at radius 3 is 2.63 bits per heavy atom. The Kier molecular flexibility index (Phi) is 6.21. The Morgan fingerprint density at radius 1 is 1.15 bits per heavy atom. The number of carbonyl (C=O) groups is 2. The average molecular weight is 402 g/mol. The van der Waals surface area contributed by atoms with Crippen LogP contribution >= 0.6 is 22.9 Å². The molecule has 1 heterocycles. The summed E-state index contributed by atoms with van der Waals surface area (Å²) in [5.74, 6) is -0.495. The molecular weight excluding hydrogens is 386 g/mol. The predicted molar refractivity (Wildman–Crippen MR) is 103 cm³/mol. The first kappa shape index (κ1) is 19.1. The summed E-state index contributed by atoms with van der Waals surface area (Å²) >= 11 is 7.49. The molecule has 0 aliphatic rings. The number of ether oxygens (including phenoxy) is 2. The minimum Gasteiger partial charge on any atom is -0.465 e. The second-order valence-corrected chi connectivity index (χ2v) is 7.09. The summed E-state index contributed by atoms with van der Waals surface area (Å²) in [6.07, 6.45) is 0.736. The molecule has 0 aliphatic carbocycles. The Labute approximate surface area is 165 Å². The van der Waals surface area contributed by atoms with Crippen LogP contribution < -0.4 is 4.74 Å². The van der Waals surface area contributed by atoms with Crippen molar-refractivity contribution in [3.05, 3.63) is 80.8 Å². The molecule has 138 valence electrons. The zero-order valence-corrected chi connectivity index (χ0v) is 16.0. The SMILES string of the molecule is COC(=O)c1ccc(OC(=O)Cc2csc(Cc3cccc(Cl)c3)n2)cc1. The van der Waals surface area contributed by atoms with Crippen LogP contribution in [0, 0.1) is 0 Å². The van der Waals surface area contributed by atoms with E-state index >= 15 is 0 Å². The van der Waals surface area contributed by atoms with Crippen molar-refractivity contribution in [2.24, 2.45) is 0 Å². The van der Waals surface area contributed by atoms with E-state index in [0.29, 0.717) is 28.5 Å². The first-order valence-corrected chi connectivity index (χ1v) is 9.36. The van der Waals surface area contributed by atoms with E-state index in [1.165, 1.54) is 18.4 Å². The smallest absolute Gasteiger partial charge is 0.337 e. The fourth-order valence-corrected chi connectivity index (χ4v) is 3.47. The molecule has 27 heavy (non-hydrogen) atoms. The van der Waals surface area contributed by atoms with E-state index in [1.807, 2.05) is 29.6 Å². The molecule has 3 rings (SSSR count). The first-order chi connectivity index (χ1) is 13.0. The van der Waals surface area contributed by atoms with Crippen LogP contribution in [0.2, 0.25) is 5.02 Å². The second kappa shape index (κ2) is 8.79. The van der Waals surface area contributed by atoms with Gasteiger partial charge in [-0.1, -0.05) is 23.7 Å². The Balaban J connectivity index is 1.57. The fourth-order valence-electron chi connectivity index (χ4n) is 2.43. The highest BCUT2D eigenvalue weighted by molar-refractivity contribution is 7.09. The van der Waals surface area contributed by atoms with Crippen LogP contribution in [-0.4, -0.2) is 24.0 Å². The van der Waals surface area contributed by atoms with Crippen molar-refractivity contribution in [1.29, 1.82) is 0 Å². The maximum absolute atomic E-state index is 12.1. The van der Waals surface area contributed by atoms with Crippen LogP contribution in [0.4, 0.5) is 0 Å². The number of hydrogen-bond acceptors (Lipinski definition) is 6. The van der Waals surface area contributed by atoms with Gasteiger partial charge in [-0.3, -0.25) is 4.79 Å². The predicted octanol–water partition coefficient (Wildman–Crippen LogP) is 4.32. The molecule has 2 aromatic carbocycles. The molecule has 0 radical (unpaired) electrons. The number of nitrogens with zero attached hydrogens (tertiary/aromatic N) is 1. The van der Waals surface area contributed by atoms with E-state index in [2.05, 4.69) is 9.72 Å². The van der Waals surface area contributed by atoms with E-state index in [4.69, 9.17) is 16.3 Å². The summed E-state index contributed by atoms with van der Waals surface area (Å²) in [4.78, 5) is 28.0. The molecule has 0 saturated carbocycles. The molecule has 0 aliphatic heterocycles. The second-order valence-electron chi connectivity index (χ2n) is 5.71. The van der Waals surface area contributed by atoms with E-state index in [-0.39, 0.29) is 6.42 Å². The molecule has 3 aromatic rings. The third-order valence-corrected chi connectivity index (χ3v) is 4.81. The van der Waals surface area contributed by atoms with Crippen LogP contribution in [0.25, 0.3) is 0 Å². The number of hydrogen-bond donors (Lipinski definition) is 0. The summed E-state index contributed by atoms with van der Waals surface area (Å²) in [5, 5.41) is 3.44. The molecule has 0 spiro atoms. The van der Waals surface area contributed by atoms with Crippen LogP contribution in [0.15, 0.2) is 53.9 Å². The van der Waals surface area contributed by atoms with E-state index in [9.17, 15) is 9.59 Å². The van der Waals surface area contributed by atoms with Gasteiger partial charge in [0.25, 0.3) is 0 Å². The van der Waals surface area contributed by atoms with Crippen molar-refractivity contribution in [3.63, 3.8) is 0 Å². The highest BCUT2D eigenvalue weighted by Crippen LogP contribution is 2.19. The molecule has 0 fully saturated rings. The van der Waals surface area contributed by atoms with E-state index in [1.54, 1.807) is 24.3 Å².